The minimum absolute atomic E-state index is 0.0276. The van der Waals surface area contributed by atoms with Crippen molar-refractivity contribution in [3.63, 3.8) is 0 Å². The topological polar surface area (TPSA) is 121 Å². The number of hydrogen-bond donors (Lipinski definition) is 3. The maximum absolute atomic E-state index is 12.2. The molecule has 0 bridgehead atoms. The van der Waals surface area contributed by atoms with E-state index in [1.807, 2.05) is 13.0 Å². The maximum Gasteiger partial charge on any atom is 0.279 e. The molecule has 1 aliphatic rings. The first kappa shape index (κ1) is 21.2. The first-order valence-corrected chi connectivity index (χ1v) is 10.7. The minimum atomic E-state index is -3.05. The second-order valence-corrected chi connectivity index (χ2v) is 9.12. The van der Waals surface area contributed by atoms with Crippen LogP contribution in [0.5, 0.6) is 0 Å². The maximum atomic E-state index is 12.2. The molecule has 1 saturated heterocycles. The molecule has 1 aromatic carbocycles. The highest BCUT2D eigenvalue weighted by molar-refractivity contribution is 7.91. The van der Waals surface area contributed by atoms with Gasteiger partial charge >= 0.3 is 0 Å². The van der Waals surface area contributed by atoms with Crippen molar-refractivity contribution in [2.45, 2.75) is 19.4 Å². The molecule has 1 aromatic rings. The van der Waals surface area contributed by atoms with Gasteiger partial charge in [-0.15, -0.1) is 0 Å². The number of anilines is 1. The first-order chi connectivity index (χ1) is 12.7. The number of halogens is 1. The largest absolute Gasteiger partial charge is 0.347 e. The van der Waals surface area contributed by atoms with Crippen molar-refractivity contribution >= 4 is 38.9 Å². The van der Waals surface area contributed by atoms with Crippen molar-refractivity contribution in [3.8, 4) is 6.07 Å². The molecule has 1 unspecified atom stereocenters. The third kappa shape index (κ3) is 6.50. The van der Waals surface area contributed by atoms with Crippen LogP contribution in [0.2, 0.25) is 5.02 Å². The number of rotatable bonds is 7. The number of carbonyl (C=O) groups excluding carboxylic acids is 2. The van der Waals surface area contributed by atoms with Crippen molar-refractivity contribution < 1.29 is 22.9 Å². The zero-order valence-electron chi connectivity index (χ0n) is 14.9. The molecule has 3 N–H and O–H groups in total. The molecular formula is C17H22ClN4O4S+. The van der Waals surface area contributed by atoms with E-state index in [0.29, 0.717) is 24.2 Å². The first-order valence-electron chi connectivity index (χ1n) is 8.55. The zero-order valence-corrected chi connectivity index (χ0v) is 16.5. The van der Waals surface area contributed by atoms with E-state index in [9.17, 15) is 18.0 Å². The molecule has 0 aliphatic carbocycles. The number of likely N-dealkylation sites (N-methyl/N-ethyl adjacent to an activating group) is 1. The van der Waals surface area contributed by atoms with Crippen molar-refractivity contribution in [2.24, 2.45) is 0 Å². The summed E-state index contributed by atoms with van der Waals surface area (Å²) in [4.78, 5) is 25.1. The lowest BCUT2D eigenvalue weighted by Gasteiger charge is -2.18. The van der Waals surface area contributed by atoms with E-state index in [1.54, 1.807) is 6.07 Å². The van der Waals surface area contributed by atoms with Gasteiger partial charge in [-0.2, -0.15) is 5.26 Å². The van der Waals surface area contributed by atoms with Crippen molar-refractivity contribution in [3.05, 3.63) is 28.8 Å². The highest BCUT2D eigenvalue weighted by atomic mass is 35.5. The number of hydrogen-bond acceptors (Lipinski definition) is 5. The van der Waals surface area contributed by atoms with Gasteiger partial charge in [0.1, 0.15) is 6.07 Å². The van der Waals surface area contributed by atoms with Gasteiger partial charge < -0.3 is 15.5 Å². The van der Waals surface area contributed by atoms with Gasteiger partial charge in [0.15, 0.2) is 22.9 Å². The van der Waals surface area contributed by atoms with E-state index in [0.717, 1.165) is 4.90 Å². The molecular weight excluding hydrogens is 392 g/mol. The Kier molecular flexibility index (Phi) is 7.18. The van der Waals surface area contributed by atoms with E-state index >= 15 is 0 Å². The molecule has 27 heavy (non-hydrogen) atoms. The van der Waals surface area contributed by atoms with Gasteiger partial charge in [-0.05, 0) is 31.5 Å². The highest BCUT2D eigenvalue weighted by Crippen LogP contribution is 2.19. The molecule has 2 amide bonds. The molecule has 2 atom stereocenters. The number of amides is 2. The summed E-state index contributed by atoms with van der Waals surface area (Å²) in [5, 5.41) is 14.5. The molecule has 0 spiro atoms. The average molecular weight is 414 g/mol. The summed E-state index contributed by atoms with van der Waals surface area (Å²) in [6.45, 7) is 2.56. The Labute approximate surface area is 163 Å². The fourth-order valence-corrected chi connectivity index (χ4v) is 4.74. The number of nitrogens with one attached hydrogen (secondary N) is 3. The van der Waals surface area contributed by atoms with E-state index in [2.05, 4.69) is 10.6 Å². The van der Waals surface area contributed by atoms with Crippen LogP contribution >= 0.6 is 11.6 Å². The SMILES string of the molecule is CC[NH+](CC(=O)Nc1ccc(C#N)c(Cl)c1)CC(=O)N[C@H]1CCS(=O)(=O)C1. The molecule has 1 heterocycles. The summed E-state index contributed by atoms with van der Waals surface area (Å²) in [5.41, 5.74) is 0.793. The van der Waals surface area contributed by atoms with Gasteiger partial charge in [0.2, 0.25) is 0 Å². The van der Waals surface area contributed by atoms with Crippen LogP contribution in [0.3, 0.4) is 0 Å². The van der Waals surface area contributed by atoms with E-state index in [1.165, 1.54) is 12.1 Å². The van der Waals surface area contributed by atoms with Crippen molar-refractivity contribution in [1.82, 2.24) is 5.32 Å². The number of quaternary nitrogens is 1. The van der Waals surface area contributed by atoms with Crippen LogP contribution in [0.25, 0.3) is 0 Å². The second-order valence-electron chi connectivity index (χ2n) is 6.48. The molecule has 1 aliphatic heterocycles. The molecule has 10 heteroatoms. The zero-order chi connectivity index (χ0) is 20.0. The van der Waals surface area contributed by atoms with Crippen LogP contribution in [0.15, 0.2) is 18.2 Å². The molecule has 0 aromatic heterocycles. The Bertz CT molecular complexity index is 866. The third-order valence-electron chi connectivity index (χ3n) is 4.29. The Morgan fingerprint density at radius 1 is 1.33 bits per heavy atom. The summed E-state index contributed by atoms with van der Waals surface area (Å²) >= 11 is 5.94. The van der Waals surface area contributed by atoms with E-state index in [4.69, 9.17) is 16.9 Å². The van der Waals surface area contributed by atoms with Crippen molar-refractivity contribution in [2.75, 3.05) is 36.5 Å². The molecule has 0 radical (unpaired) electrons. The van der Waals surface area contributed by atoms with Gasteiger partial charge in [-0.1, -0.05) is 11.6 Å². The third-order valence-corrected chi connectivity index (χ3v) is 6.37. The van der Waals surface area contributed by atoms with E-state index < -0.39 is 9.84 Å². The minimum Gasteiger partial charge on any atom is -0.347 e. The van der Waals surface area contributed by atoms with Crippen LogP contribution in [0, 0.1) is 11.3 Å². The molecule has 1 fully saturated rings. The number of benzene rings is 1. The van der Waals surface area contributed by atoms with Gasteiger partial charge in [-0.25, -0.2) is 8.42 Å². The number of nitriles is 1. The van der Waals surface area contributed by atoms with Gasteiger partial charge in [0, 0.05) is 11.7 Å². The van der Waals surface area contributed by atoms with Crippen LogP contribution < -0.4 is 15.5 Å². The molecule has 0 saturated carbocycles. The summed E-state index contributed by atoms with van der Waals surface area (Å²) in [5.74, 6) is -0.495. The fourth-order valence-electron chi connectivity index (χ4n) is 2.84. The monoisotopic (exact) mass is 413 g/mol. The number of sulfone groups is 1. The van der Waals surface area contributed by atoms with Crippen LogP contribution in [0.4, 0.5) is 5.69 Å². The molecule has 2 rings (SSSR count). The summed E-state index contributed by atoms with van der Waals surface area (Å²) in [7, 11) is -3.05. The lowest BCUT2D eigenvalue weighted by molar-refractivity contribution is -0.881. The number of carbonyl (C=O) groups is 2. The van der Waals surface area contributed by atoms with Gasteiger partial charge in [0.05, 0.1) is 28.6 Å². The summed E-state index contributed by atoms with van der Waals surface area (Å²) < 4.78 is 22.9. The second kappa shape index (κ2) is 9.17. The Morgan fingerprint density at radius 2 is 2.04 bits per heavy atom. The Hall–Kier alpha value is -2.15. The molecule has 146 valence electrons. The Balaban J connectivity index is 1.85. The van der Waals surface area contributed by atoms with Gasteiger partial charge in [0.25, 0.3) is 11.8 Å². The van der Waals surface area contributed by atoms with Crippen LogP contribution in [-0.2, 0) is 19.4 Å². The predicted molar refractivity (Wildman–Crippen MR) is 101 cm³/mol. The molecule has 8 nitrogen and oxygen atoms in total. The van der Waals surface area contributed by atoms with Crippen molar-refractivity contribution in [1.29, 1.82) is 5.26 Å². The Morgan fingerprint density at radius 3 is 2.59 bits per heavy atom. The summed E-state index contributed by atoms with van der Waals surface area (Å²) in [6, 6.07) is 6.19. The lowest BCUT2D eigenvalue weighted by atomic mass is 10.2. The van der Waals surface area contributed by atoms with Crippen LogP contribution in [-0.4, -0.2) is 57.4 Å². The summed E-state index contributed by atoms with van der Waals surface area (Å²) in [6.07, 6.45) is 0.426. The smallest absolute Gasteiger partial charge is 0.279 e. The van der Waals surface area contributed by atoms with Gasteiger partial charge in [-0.3, -0.25) is 9.59 Å². The highest BCUT2D eigenvalue weighted by Gasteiger charge is 2.29. The normalized spacial score (nSPS) is 19.1. The average Bonchev–Trinajstić information content (AvgIpc) is 2.92. The predicted octanol–water partition coefficient (Wildman–Crippen LogP) is -0.642. The quantitative estimate of drug-likeness (QED) is 0.549. The lowest BCUT2D eigenvalue weighted by Crippen LogP contribution is -3.14. The standard InChI is InChI=1S/C17H21ClN4O4S/c1-2-22(10-17(24)21-14-5-6-27(25,26)11-14)9-16(23)20-13-4-3-12(8-19)15(18)7-13/h3-4,7,14H,2,5-6,9-11H2,1H3,(H,20,23)(H,21,24)/p+1/t14-/m0/s1. The van der Waals surface area contributed by atoms with E-state index in [-0.39, 0.29) is 47.5 Å². The number of nitrogens with zero attached hydrogens (tertiary/aromatic N) is 1. The fraction of sp³-hybridized carbons (Fsp3) is 0.471. The van der Waals surface area contributed by atoms with Crippen LogP contribution in [0.1, 0.15) is 18.9 Å².